The first-order valence-corrected chi connectivity index (χ1v) is 1.82. The van der Waals surface area contributed by atoms with Crippen LogP contribution in [0.5, 0.6) is 0 Å². The molecule has 0 atom stereocenters. The summed E-state index contributed by atoms with van der Waals surface area (Å²) in [6, 6.07) is 0. The molecule has 3 heteroatoms. The smallest absolute Gasteiger partial charge is 0.310 e. The van der Waals surface area contributed by atoms with Gasteiger partial charge in [-0.25, -0.2) is 0 Å². The lowest BCUT2D eigenvalue weighted by Gasteiger charge is -1.87. The maximum atomic E-state index is 9.81. The number of hydrogen-bond acceptors (Lipinski definition) is 3. The van der Waals surface area contributed by atoms with E-state index >= 15 is 0 Å². The van der Waals surface area contributed by atoms with E-state index in [2.05, 4.69) is 4.74 Å². The van der Waals surface area contributed by atoms with Crippen LogP contribution in [0.2, 0.25) is 0 Å². The second-order valence-corrected chi connectivity index (χ2v) is 1.09. The zero-order chi connectivity index (χ0) is 5.86. The van der Waals surface area contributed by atoms with E-state index in [1.54, 1.807) is 0 Å². The highest BCUT2D eigenvalue weighted by molar-refractivity contribution is 5.82. The molecule has 0 rings (SSSR count). The van der Waals surface area contributed by atoms with Gasteiger partial charge in [0.05, 0.1) is 0 Å². The fourth-order valence-corrected chi connectivity index (χ4v) is 0.202. The molecule has 0 aromatic carbocycles. The number of carbonyl (C=O) groups excluding carboxylic acids is 2. The molecule has 0 unspecified atom stereocenters. The molecule has 0 aliphatic heterocycles. The van der Waals surface area contributed by atoms with Crippen molar-refractivity contribution in [3.63, 3.8) is 0 Å². The minimum Gasteiger partial charge on any atom is -0.394 e. The molecule has 7 heavy (non-hydrogen) atoms. The summed E-state index contributed by atoms with van der Waals surface area (Å²) >= 11 is 0. The molecule has 0 amide bonds. The molecule has 0 N–H and O–H groups in total. The number of esters is 2. The van der Waals surface area contributed by atoms with Crippen molar-refractivity contribution >= 4 is 11.9 Å². The van der Waals surface area contributed by atoms with Gasteiger partial charge in [0.25, 0.3) is 0 Å². The number of ether oxygens (including phenoxy) is 1. The molecule has 0 aromatic rings. The second kappa shape index (κ2) is 2.34. The van der Waals surface area contributed by atoms with Crippen LogP contribution in [0, 0.1) is 0 Å². The zero-order valence-corrected chi connectivity index (χ0v) is 4.22. The van der Waals surface area contributed by atoms with Crippen molar-refractivity contribution < 1.29 is 14.3 Å². The Morgan fingerprint density at radius 1 is 1.14 bits per heavy atom. The van der Waals surface area contributed by atoms with E-state index in [9.17, 15) is 9.59 Å². The van der Waals surface area contributed by atoms with Gasteiger partial charge >= 0.3 is 11.9 Å². The van der Waals surface area contributed by atoms with Gasteiger partial charge in [0, 0.05) is 13.8 Å². The number of hydrogen-bond donors (Lipinski definition) is 0. The van der Waals surface area contributed by atoms with Crippen LogP contribution in [0.4, 0.5) is 0 Å². The first-order chi connectivity index (χ1) is 3.13. The van der Waals surface area contributed by atoms with E-state index in [4.69, 9.17) is 0 Å². The van der Waals surface area contributed by atoms with Crippen LogP contribution in [0.25, 0.3) is 0 Å². The molecular weight excluding hydrogens is 94.0 g/mol. The van der Waals surface area contributed by atoms with Crippen LogP contribution in [-0.2, 0) is 14.3 Å². The maximum Gasteiger partial charge on any atom is 0.310 e. The molecule has 0 spiro atoms. The topological polar surface area (TPSA) is 43.4 Å². The van der Waals surface area contributed by atoms with Gasteiger partial charge in [-0.1, -0.05) is 0 Å². The highest BCUT2D eigenvalue weighted by Gasteiger charge is 1.93. The summed E-state index contributed by atoms with van der Waals surface area (Å²) in [5.74, 6) is -1.12. The largest absolute Gasteiger partial charge is 0.394 e. The molecule has 0 saturated heterocycles. The van der Waals surface area contributed by atoms with Gasteiger partial charge in [-0.05, 0) is 0 Å². The van der Waals surface area contributed by atoms with Gasteiger partial charge in [0.1, 0.15) is 0 Å². The molecule has 0 radical (unpaired) electrons. The summed E-state index contributed by atoms with van der Waals surface area (Å²) < 4.78 is 3.97. The Labute approximate surface area is 41.3 Å². The monoisotopic (exact) mass is 100 g/mol. The third-order valence-corrected chi connectivity index (χ3v) is 0.287. The first-order valence-electron chi connectivity index (χ1n) is 1.82. The molecule has 0 heterocycles. The average Bonchev–Trinajstić information content (AvgIpc) is 1.27. The number of rotatable bonds is 0. The summed E-state index contributed by atoms with van der Waals surface area (Å²) in [5.41, 5.74) is 0. The molecule has 0 aliphatic rings. The van der Waals surface area contributed by atoms with Crippen molar-refractivity contribution in [3.8, 4) is 0 Å². The fraction of sp³-hybridized carbons (Fsp3) is 0.500. The summed E-state index contributed by atoms with van der Waals surface area (Å²) in [6.45, 7) is 2.36. The summed E-state index contributed by atoms with van der Waals surface area (Å²) in [5, 5.41) is 0. The quantitative estimate of drug-likeness (QED) is 0.320. The maximum absolute atomic E-state index is 9.81. The van der Waals surface area contributed by atoms with E-state index in [0.29, 0.717) is 0 Å². The van der Waals surface area contributed by atoms with Crippen LogP contribution in [0.15, 0.2) is 0 Å². The molecule has 0 aromatic heterocycles. The van der Waals surface area contributed by atoms with E-state index in [1.165, 1.54) is 13.8 Å². The minimum atomic E-state index is -0.562. The standard InChI is InChI=1S/C4H6O3/c1-3(5)7-4(2)6/h1-2H3/i3-1,4-1. The highest BCUT2D eigenvalue weighted by Crippen LogP contribution is 1.73. The van der Waals surface area contributed by atoms with E-state index in [0.717, 1.165) is 0 Å². The van der Waals surface area contributed by atoms with Gasteiger partial charge in [0.15, 0.2) is 0 Å². The average molecular weight is 100 g/mol. The van der Waals surface area contributed by atoms with Gasteiger partial charge in [0.2, 0.25) is 0 Å². The van der Waals surface area contributed by atoms with Gasteiger partial charge in [-0.3, -0.25) is 9.59 Å². The highest BCUT2D eigenvalue weighted by atomic mass is 16.5. The van der Waals surface area contributed by atoms with Gasteiger partial charge < -0.3 is 4.74 Å². The van der Waals surface area contributed by atoms with Crippen molar-refractivity contribution in [1.29, 1.82) is 0 Å². The predicted octanol–water partition coefficient (Wildman–Crippen LogP) is 0.0960. The van der Waals surface area contributed by atoms with Crippen molar-refractivity contribution in [1.82, 2.24) is 0 Å². The van der Waals surface area contributed by atoms with Crippen molar-refractivity contribution in [3.05, 3.63) is 0 Å². The SMILES string of the molecule is C[11C](=O)O[11C](C)=O. The lowest BCUT2D eigenvalue weighted by atomic mass is 10.1. The van der Waals surface area contributed by atoms with E-state index in [1.807, 2.05) is 0 Å². The lowest BCUT2D eigenvalue weighted by molar-refractivity contribution is -0.156. The number of carbonyl (C=O) groups is 2. The lowest BCUT2D eigenvalue weighted by Crippen LogP contribution is -2.03. The Bertz CT molecular complexity index is 83.1. The third kappa shape index (κ3) is 5.14. The Hall–Kier alpha value is -0.860. The fourth-order valence-electron chi connectivity index (χ4n) is 0.202. The molecular formula is C4H6O3. The van der Waals surface area contributed by atoms with Crippen LogP contribution in [0.1, 0.15) is 13.8 Å². The van der Waals surface area contributed by atoms with E-state index in [-0.39, 0.29) is 0 Å². The normalized spacial score (nSPS) is 7.71. The Kier molecular flexibility index (Phi) is 2.05. The Morgan fingerprint density at radius 3 is 1.43 bits per heavy atom. The Morgan fingerprint density at radius 2 is 1.43 bits per heavy atom. The van der Waals surface area contributed by atoms with Gasteiger partial charge in [-0.2, -0.15) is 0 Å². The third-order valence-electron chi connectivity index (χ3n) is 0.287. The minimum absolute atomic E-state index is 0.562. The van der Waals surface area contributed by atoms with Crippen molar-refractivity contribution in [2.75, 3.05) is 0 Å². The van der Waals surface area contributed by atoms with Crippen LogP contribution >= 0.6 is 0 Å². The second-order valence-electron chi connectivity index (χ2n) is 1.09. The predicted molar refractivity (Wildman–Crippen MR) is 22.4 cm³/mol. The molecule has 0 aliphatic carbocycles. The van der Waals surface area contributed by atoms with E-state index < -0.39 is 11.9 Å². The molecule has 3 nitrogen and oxygen atoms in total. The van der Waals surface area contributed by atoms with Crippen LogP contribution < -0.4 is 0 Å². The Balaban J connectivity index is 3.32. The molecule has 40 valence electrons. The molecule has 0 bridgehead atoms. The molecule has 0 fully saturated rings. The summed E-state index contributed by atoms with van der Waals surface area (Å²) in [4.78, 5) is 19.6. The summed E-state index contributed by atoms with van der Waals surface area (Å²) in [7, 11) is 0. The summed E-state index contributed by atoms with van der Waals surface area (Å²) in [6.07, 6.45) is 0. The van der Waals surface area contributed by atoms with Crippen molar-refractivity contribution in [2.24, 2.45) is 0 Å². The molecule has 0 saturated carbocycles. The van der Waals surface area contributed by atoms with Crippen molar-refractivity contribution in [2.45, 2.75) is 13.8 Å². The van der Waals surface area contributed by atoms with Crippen LogP contribution in [-0.4, -0.2) is 11.9 Å². The zero-order valence-electron chi connectivity index (χ0n) is 4.22. The first kappa shape index (κ1) is 6.14. The van der Waals surface area contributed by atoms with Gasteiger partial charge in [-0.15, -0.1) is 0 Å². The van der Waals surface area contributed by atoms with Crippen LogP contribution in [0.3, 0.4) is 0 Å².